The summed E-state index contributed by atoms with van der Waals surface area (Å²) in [6.07, 6.45) is 9.96. The maximum absolute atomic E-state index is 12.5. The molecule has 8 heteroatoms. The van der Waals surface area contributed by atoms with Crippen LogP contribution in [0.1, 0.15) is 44.9 Å². The van der Waals surface area contributed by atoms with E-state index < -0.39 is 5.60 Å². The molecule has 6 rings (SSSR count). The second-order valence-electron chi connectivity index (χ2n) is 10.4. The van der Waals surface area contributed by atoms with Gasteiger partial charge in [0.05, 0.1) is 6.54 Å². The van der Waals surface area contributed by atoms with E-state index in [1.54, 1.807) is 9.58 Å². The minimum absolute atomic E-state index is 0.285. The molecule has 182 valence electrons. The number of aryl methyl sites for hydroxylation is 1. The van der Waals surface area contributed by atoms with Crippen LogP contribution in [0.25, 0.3) is 0 Å². The third-order valence-corrected chi connectivity index (χ3v) is 8.19. The van der Waals surface area contributed by atoms with Crippen LogP contribution in [0.3, 0.4) is 0 Å². The van der Waals surface area contributed by atoms with Crippen molar-refractivity contribution in [1.82, 2.24) is 14.7 Å². The van der Waals surface area contributed by atoms with E-state index in [4.69, 9.17) is 9.47 Å². The van der Waals surface area contributed by atoms with Crippen molar-refractivity contribution in [2.75, 3.05) is 42.5 Å². The van der Waals surface area contributed by atoms with Crippen LogP contribution in [0.15, 0.2) is 36.5 Å². The number of amides is 1. The molecule has 2 aromatic rings. The molecule has 8 nitrogen and oxygen atoms in total. The summed E-state index contributed by atoms with van der Waals surface area (Å²) in [4.78, 5) is 19.2. The zero-order valence-corrected chi connectivity index (χ0v) is 20.1. The van der Waals surface area contributed by atoms with Gasteiger partial charge in [-0.05, 0) is 49.9 Å². The molecule has 3 saturated heterocycles. The van der Waals surface area contributed by atoms with Crippen LogP contribution in [0.5, 0.6) is 5.75 Å². The average molecular weight is 466 g/mol. The monoisotopic (exact) mass is 465 g/mol. The molecular formula is C26H35N5O3. The predicted octanol–water partition coefficient (Wildman–Crippen LogP) is 3.81. The van der Waals surface area contributed by atoms with Crippen molar-refractivity contribution < 1.29 is 14.3 Å². The van der Waals surface area contributed by atoms with Gasteiger partial charge in [0.2, 0.25) is 0 Å². The molecule has 4 aliphatic rings. The molecule has 4 fully saturated rings. The van der Waals surface area contributed by atoms with Crippen LogP contribution in [0, 0.1) is 0 Å². The van der Waals surface area contributed by atoms with E-state index >= 15 is 0 Å². The predicted molar refractivity (Wildman–Crippen MR) is 131 cm³/mol. The summed E-state index contributed by atoms with van der Waals surface area (Å²) in [5, 5.41) is 4.37. The Kier molecular flexibility index (Phi) is 5.63. The highest BCUT2D eigenvalue weighted by molar-refractivity contribution is 5.89. The number of anilines is 2. The number of benzene rings is 1. The van der Waals surface area contributed by atoms with Crippen LogP contribution < -0.4 is 14.5 Å². The van der Waals surface area contributed by atoms with Gasteiger partial charge in [-0.3, -0.25) is 9.58 Å². The van der Waals surface area contributed by atoms with E-state index in [1.807, 2.05) is 19.3 Å². The van der Waals surface area contributed by atoms with Gasteiger partial charge in [0.25, 0.3) is 0 Å². The Morgan fingerprint density at radius 3 is 2.35 bits per heavy atom. The first-order valence-corrected chi connectivity index (χ1v) is 12.8. The first kappa shape index (κ1) is 21.8. The maximum atomic E-state index is 12.5. The molecule has 34 heavy (non-hydrogen) atoms. The molecule has 3 aliphatic heterocycles. The smallest absolute Gasteiger partial charge is 0.416 e. The van der Waals surface area contributed by atoms with Crippen molar-refractivity contribution in [3.8, 4) is 5.75 Å². The van der Waals surface area contributed by atoms with Crippen molar-refractivity contribution in [3.63, 3.8) is 0 Å². The molecule has 1 saturated carbocycles. The molecule has 1 aromatic heterocycles. The van der Waals surface area contributed by atoms with Crippen LogP contribution in [0.4, 0.5) is 16.3 Å². The summed E-state index contributed by atoms with van der Waals surface area (Å²) in [6, 6.07) is 11.2. The lowest BCUT2D eigenvalue weighted by Crippen LogP contribution is -2.47. The molecular weight excluding hydrogens is 430 g/mol. The molecule has 0 atom stereocenters. The molecule has 0 unspecified atom stereocenters. The Hall–Kier alpha value is -2.74. The van der Waals surface area contributed by atoms with Gasteiger partial charge in [0.15, 0.2) is 5.82 Å². The molecule has 0 N–H and O–H groups in total. The largest absolute Gasteiger partial charge is 0.490 e. The number of piperidine rings is 2. The summed E-state index contributed by atoms with van der Waals surface area (Å²) in [5.41, 5.74) is 0.788. The SMILES string of the molecule is Cn1ccc(N2CC3(CCN(c4ccc(OC5CCN(C6CCC6)CC5)cc4)CC3)OC2=O)n1. The van der Waals surface area contributed by atoms with E-state index in [0.717, 1.165) is 50.6 Å². The standard InChI is InChI=1S/C26H35N5O3/c1-28-14-11-24(27-28)31-19-26(34-25(31)32)12-17-30(18-13-26)21-5-7-22(8-6-21)33-23-9-15-29(16-10-23)20-3-2-4-20/h5-8,11,14,20,23H,2-4,9-10,12-13,15-19H2,1H3. The highest BCUT2D eigenvalue weighted by Crippen LogP contribution is 2.37. The summed E-state index contributed by atoms with van der Waals surface area (Å²) < 4.78 is 13.9. The summed E-state index contributed by atoms with van der Waals surface area (Å²) >= 11 is 0. The Morgan fingerprint density at radius 1 is 1.00 bits per heavy atom. The zero-order valence-electron chi connectivity index (χ0n) is 20.1. The molecule has 0 bridgehead atoms. The molecule has 1 aliphatic carbocycles. The topological polar surface area (TPSA) is 63.1 Å². The van der Waals surface area contributed by atoms with Gasteiger partial charge >= 0.3 is 6.09 Å². The number of hydrogen-bond acceptors (Lipinski definition) is 6. The summed E-state index contributed by atoms with van der Waals surface area (Å²) in [5.74, 6) is 1.63. The van der Waals surface area contributed by atoms with Crippen LogP contribution in [-0.4, -0.2) is 71.2 Å². The fraction of sp³-hybridized carbons (Fsp3) is 0.615. The molecule has 4 heterocycles. The number of ether oxygens (including phenoxy) is 2. The third kappa shape index (κ3) is 4.24. The second kappa shape index (κ2) is 8.80. The van der Waals surface area contributed by atoms with E-state index in [-0.39, 0.29) is 6.09 Å². The lowest BCUT2D eigenvalue weighted by Gasteiger charge is -2.41. The Bertz CT molecular complexity index is 1000. The Labute approximate surface area is 201 Å². The molecule has 0 radical (unpaired) electrons. The molecule has 1 spiro atoms. The number of hydrogen-bond donors (Lipinski definition) is 0. The first-order chi connectivity index (χ1) is 16.6. The van der Waals surface area contributed by atoms with Gasteiger partial charge in [-0.1, -0.05) is 6.42 Å². The minimum Gasteiger partial charge on any atom is -0.490 e. The van der Waals surface area contributed by atoms with Crippen molar-refractivity contribution in [2.45, 2.75) is 62.7 Å². The average Bonchev–Trinajstić information content (AvgIpc) is 3.38. The van der Waals surface area contributed by atoms with Gasteiger partial charge in [-0.15, -0.1) is 0 Å². The van der Waals surface area contributed by atoms with Gasteiger partial charge < -0.3 is 19.3 Å². The van der Waals surface area contributed by atoms with Crippen molar-refractivity contribution in [2.24, 2.45) is 7.05 Å². The van der Waals surface area contributed by atoms with Crippen LogP contribution >= 0.6 is 0 Å². The number of carbonyl (C=O) groups is 1. The minimum atomic E-state index is -0.414. The fourth-order valence-corrected chi connectivity index (χ4v) is 5.82. The van der Waals surface area contributed by atoms with Crippen molar-refractivity contribution in [3.05, 3.63) is 36.5 Å². The van der Waals surface area contributed by atoms with Crippen LogP contribution in [0.2, 0.25) is 0 Å². The second-order valence-corrected chi connectivity index (χ2v) is 10.4. The molecule has 1 amide bonds. The van der Waals surface area contributed by atoms with Crippen LogP contribution in [-0.2, 0) is 11.8 Å². The van der Waals surface area contributed by atoms with Gasteiger partial charge in [0.1, 0.15) is 17.5 Å². The number of nitrogens with zero attached hydrogens (tertiary/aromatic N) is 5. The zero-order chi connectivity index (χ0) is 23.1. The van der Waals surface area contributed by atoms with Gasteiger partial charge in [-0.25, -0.2) is 4.79 Å². The quantitative estimate of drug-likeness (QED) is 0.669. The lowest BCUT2D eigenvalue weighted by molar-refractivity contribution is 0.0366. The fourth-order valence-electron chi connectivity index (χ4n) is 5.82. The lowest BCUT2D eigenvalue weighted by atomic mass is 9.90. The van der Waals surface area contributed by atoms with E-state index in [9.17, 15) is 4.79 Å². The number of likely N-dealkylation sites (tertiary alicyclic amines) is 1. The number of aromatic nitrogens is 2. The van der Waals surface area contributed by atoms with Gasteiger partial charge in [-0.2, -0.15) is 5.10 Å². The normalized spacial score (nSPS) is 23.9. The van der Waals surface area contributed by atoms with E-state index in [0.29, 0.717) is 18.5 Å². The van der Waals surface area contributed by atoms with Crippen molar-refractivity contribution in [1.29, 1.82) is 0 Å². The highest BCUT2D eigenvalue weighted by Gasteiger charge is 2.48. The van der Waals surface area contributed by atoms with Crippen molar-refractivity contribution >= 4 is 17.6 Å². The maximum Gasteiger partial charge on any atom is 0.416 e. The van der Waals surface area contributed by atoms with E-state index in [2.05, 4.69) is 39.2 Å². The number of rotatable bonds is 5. The Balaban J connectivity index is 1.01. The number of carbonyl (C=O) groups excluding carboxylic acids is 1. The Morgan fingerprint density at radius 2 is 1.74 bits per heavy atom. The third-order valence-electron chi connectivity index (χ3n) is 8.19. The molecule has 1 aromatic carbocycles. The summed E-state index contributed by atoms with van der Waals surface area (Å²) in [7, 11) is 1.86. The van der Waals surface area contributed by atoms with Gasteiger partial charge in [0, 0.05) is 70.1 Å². The highest BCUT2D eigenvalue weighted by atomic mass is 16.6. The van der Waals surface area contributed by atoms with E-state index in [1.165, 1.54) is 38.0 Å². The first-order valence-electron chi connectivity index (χ1n) is 12.8. The summed E-state index contributed by atoms with van der Waals surface area (Å²) in [6.45, 7) is 4.64.